The second-order valence-electron chi connectivity index (χ2n) is 7.94. The average Bonchev–Trinajstić information content (AvgIpc) is 3.08. The second kappa shape index (κ2) is 10.2. The molecule has 1 aromatic heterocycles. The standard InChI is InChI=1S/C24H23FN4O5/c25-16-6-8-17(9-7-16)27-21(30)13-26-22(31)14-34-24(33)15-5-10-18-19(12-15)28-20-4-2-1-3-11-29(20)23(18)32/h5-10,12H,1-4,11,13-14H2,(H,26,31)(H,27,30). The molecule has 0 spiro atoms. The van der Waals surface area contributed by atoms with Gasteiger partial charge in [0.1, 0.15) is 11.6 Å². The minimum absolute atomic E-state index is 0.125. The minimum Gasteiger partial charge on any atom is -0.452 e. The molecule has 9 nitrogen and oxygen atoms in total. The molecule has 1 aliphatic rings. The molecular weight excluding hydrogens is 443 g/mol. The van der Waals surface area contributed by atoms with Crippen LogP contribution in [0, 0.1) is 5.82 Å². The van der Waals surface area contributed by atoms with Gasteiger partial charge in [-0.15, -0.1) is 0 Å². The van der Waals surface area contributed by atoms with Crippen molar-refractivity contribution in [3.8, 4) is 0 Å². The van der Waals surface area contributed by atoms with Crippen LogP contribution >= 0.6 is 0 Å². The number of carbonyl (C=O) groups excluding carboxylic acids is 3. The molecule has 176 valence electrons. The smallest absolute Gasteiger partial charge is 0.338 e. The van der Waals surface area contributed by atoms with Gasteiger partial charge in [-0.2, -0.15) is 0 Å². The Bertz CT molecular complexity index is 1300. The third kappa shape index (κ3) is 5.45. The minimum atomic E-state index is -0.746. The lowest BCUT2D eigenvalue weighted by molar-refractivity contribution is -0.126. The molecule has 0 bridgehead atoms. The first-order chi connectivity index (χ1) is 16.4. The number of nitrogens with one attached hydrogen (secondary N) is 2. The highest BCUT2D eigenvalue weighted by atomic mass is 19.1. The first-order valence-corrected chi connectivity index (χ1v) is 10.9. The first-order valence-electron chi connectivity index (χ1n) is 10.9. The summed E-state index contributed by atoms with van der Waals surface area (Å²) in [6.45, 7) is -0.290. The zero-order valence-electron chi connectivity index (χ0n) is 18.3. The van der Waals surface area contributed by atoms with E-state index in [1.165, 1.54) is 36.4 Å². The van der Waals surface area contributed by atoms with Gasteiger partial charge in [-0.1, -0.05) is 6.42 Å². The molecule has 3 aromatic rings. The van der Waals surface area contributed by atoms with E-state index >= 15 is 0 Å². The van der Waals surface area contributed by atoms with Crippen LogP contribution in [0.1, 0.15) is 35.4 Å². The molecule has 0 unspecified atom stereocenters. The molecule has 0 radical (unpaired) electrons. The van der Waals surface area contributed by atoms with Crippen LogP contribution in [-0.4, -0.2) is 40.5 Å². The molecule has 2 N–H and O–H groups in total. The van der Waals surface area contributed by atoms with Crippen LogP contribution in [0.15, 0.2) is 47.3 Å². The fraction of sp³-hybridized carbons (Fsp3) is 0.292. The largest absolute Gasteiger partial charge is 0.452 e. The molecule has 10 heteroatoms. The Morgan fingerprint density at radius 3 is 2.62 bits per heavy atom. The number of carbonyl (C=O) groups is 3. The van der Waals surface area contributed by atoms with E-state index in [2.05, 4.69) is 15.6 Å². The van der Waals surface area contributed by atoms with Gasteiger partial charge in [-0.05, 0) is 55.3 Å². The lowest BCUT2D eigenvalue weighted by Crippen LogP contribution is -2.35. The number of esters is 1. The highest BCUT2D eigenvalue weighted by Crippen LogP contribution is 2.17. The number of hydrogen-bond donors (Lipinski definition) is 2. The van der Waals surface area contributed by atoms with Gasteiger partial charge in [0, 0.05) is 18.7 Å². The van der Waals surface area contributed by atoms with E-state index < -0.39 is 30.2 Å². The summed E-state index contributed by atoms with van der Waals surface area (Å²) in [6.07, 6.45) is 3.62. The van der Waals surface area contributed by atoms with Gasteiger partial charge in [-0.3, -0.25) is 19.0 Å². The predicted octanol–water partition coefficient (Wildman–Crippen LogP) is 2.17. The number of rotatable bonds is 6. The zero-order valence-corrected chi connectivity index (χ0v) is 18.3. The topological polar surface area (TPSA) is 119 Å². The van der Waals surface area contributed by atoms with Crippen LogP contribution in [0.25, 0.3) is 10.9 Å². The van der Waals surface area contributed by atoms with Crippen molar-refractivity contribution < 1.29 is 23.5 Å². The molecule has 1 aliphatic heterocycles. The summed E-state index contributed by atoms with van der Waals surface area (Å²) in [7, 11) is 0. The van der Waals surface area contributed by atoms with Crippen molar-refractivity contribution in [2.24, 2.45) is 0 Å². The quantitative estimate of drug-likeness (QED) is 0.538. The van der Waals surface area contributed by atoms with E-state index in [0.717, 1.165) is 19.3 Å². The van der Waals surface area contributed by atoms with Crippen molar-refractivity contribution in [1.29, 1.82) is 0 Å². The number of aromatic nitrogens is 2. The van der Waals surface area contributed by atoms with Gasteiger partial charge in [0.25, 0.3) is 11.5 Å². The number of amides is 2. The zero-order chi connectivity index (χ0) is 24.1. The van der Waals surface area contributed by atoms with Gasteiger partial charge in [0.2, 0.25) is 5.91 Å². The van der Waals surface area contributed by atoms with Crippen LogP contribution in [0.4, 0.5) is 10.1 Å². The Labute approximate surface area is 193 Å². The maximum absolute atomic E-state index is 12.9. The van der Waals surface area contributed by atoms with Crippen LogP contribution in [0.5, 0.6) is 0 Å². The van der Waals surface area contributed by atoms with E-state index in [0.29, 0.717) is 35.4 Å². The van der Waals surface area contributed by atoms with Gasteiger partial charge in [0.05, 0.1) is 23.0 Å². The monoisotopic (exact) mass is 466 g/mol. The van der Waals surface area contributed by atoms with Crippen molar-refractivity contribution >= 4 is 34.4 Å². The Kier molecular flexibility index (Phi) is 6.95. The summed E-state index contributed by atoms with van der Waals surface area (Å²) in [5.41, 5.74) is 0.836. The third-order valence-corrected chi connectivity index (χ3v) is 5.46. The Morgan fingerprint density at radius 2 is 1.82 bits per heavy atom. The van der Waals surface area contributed by atoms with Crippen LogP contribution in [0.2, 0.25) is 0 Å². The summed E-state index contributed by atoms with van der Waals surface area (Å²) < 4.78 is 19.6. The number of nitrogens with zero attached hydrogens (tertiary/aromatic N) is 2. The van der Waals surface area contributed by atoms with E-state index in [-0.39, 0.29) is 17.7 Å². The van der Waals surface area contributed by atoms with Crippen LogP contribution in [-0.2, 0) is 27.3 Å². The highest BCUT2D eigenvalue weighted by Gasteiger charge is 2.17. The SMILES string of the molecule is O=C(COC(=O)c1ccc2c(=O)n3c(nc2c1)CCCCC3)NCC(=O)Nc1ccc(F)cc1. The fourth-order valence-electron chi connectivity index (χ4n) is 3.73. The fourth-order valence-corrected chi connectivity index (χ4v) is 3.73. The van der Waals surface area contributed by atoms with Crippen molar-refractivity contribution in [3.63, 3.8) is 0 Å². The average molecular weight is 466 g/mol. The van der Waals surface area contributed by atoms with E-state index in [1.54, 1.807) is 10.6 Å². The summed E-state index contributed by atoms with van der Waals surface area (Å²) in [5.74, 6) is -1.65. The Hall–Kier alpha value is -4.08. The summed E-state index contributed by atoms with van der Waals surface area (Å²) in [6, 6.07) is 9.66. The lowest BCUT2D eigenvalue weighted by Gasteiger charge is -2.11. The molecule has 34 heavy (non-hydrogen) atoms. The first kappa shape index (κ1) is 23.1. The second-order valence-corrected chi connectivity index (χ2v) is 7.94. The number of benzene rings is 2. The number of fused-ring (bicyclic) bond motifs is 2. The predicted molar refractivity (Wildman–Crippen MR) is 122 cm³/mol. The van der Waals surface area contributed by atoms with Crippen molar-refractivity contribution in [2.75, 3.05) is 18.5 Å². The molecule has 0 saturated carbocycles. The molecule has 0 fully saturated rings. The van der Waals surface area contributed by atoms with Gasteiger partial charge < -0.3 is 15.4 Å². The molecule has 2 amide bonds. The molecule has 0 saturated heterocycles. The molecule has 0 aliphatic carbocycles. The Morgan fingerprint density at radius 1 is 1.03 bits per heavy atom. The number of ether oxygens (including phenoxy) is 1. The Balaban J connectivity index is 1.32. The lowest BCUT2D eigenvalue weighted by atomic mass is 10.1. The number of halogens is 1. The number of hydrogen-bond acceptors (Lipinski definition) is 6. The van der Waals surface area contributed by atoms with E-state index in [9.17, 15) is 23.6 Å². The van der Waals surface area contributed by atoms with E-state index in [4.69, 9.17) is 4.74 Å². The summed E-state index contributed by atoms with van der Waals surface area (Å²) >= 11 is 0. The molecule has 2 heterocycles. The normalized spacial score (nSPS) is 13.0. The maximum atomic E-state index is 12.9. The van der Waals surface area contributed by atoms with Crippen molar-refractivity contribution in [1.82, 2.24) is 14.9 Å². The molecule has 0 atom stereocenters. The van der Waals surface area contributed by atoms with Gasteiger partial charge >= 0.3 is 5.97 Å². The van der Waals surface area contributed by atoms with Crippen molar-refractivity contribution in [2.45, 2.75) is 32.2 Å². The summed E-state index contributed by atoms with van der Waals surface area (Å²) in [5, 5.41) is 5.26. The van der Waals surface area contributed by atoms with Gasteiger partial charge in [-0.25, -0.2) is 14.2 Å². The van der Waals surface area contributed by atoms with E-state index in [1.807, 2.05) is 0 Å². The third-order valence-electron chi connectivity index (χ3n) is 5.46. The number of aryl methyl sites for hydroxylation is 1. The molecular formula is C24H23FN4O5. The highest BCUT2D eigenvalue weighted by molar-refractivity contribution is 5.96. The van der Waals surface area contributed by atoms with Crippen LogP contribution < -0.4 is 16.2 Å². The van der Waals surface area contributed by atoms with Gasteiger partial charge in [0.15, 0.2) is 6.61 Å². The van der Waals surface area contributed by atoms with Crippen molar-refractivity contribution in [3.05, 3.63) is 70.0 Å². The molecule has 2 aromatic carbocycles. The summed E-state index contributed by atoms with van der Waals surface area (Å²) in [4.78, 5) is 53.6. The molecule has 4 rings (SSSR count). The number of anilines is 1. The van der Waals surface area contributed by atoms with Crippen LogP contribution in [0.3, 0.4) is 0 Å². The maximum Gasteiger partial charge on any atom is 0.338 e.